The fourth-order valence-corrected chi connectivity index (χ4v) is 3.87. The molecule has 5 nitrogen and oxygen atoms in total. The van der Waals surface area contributed by atoms with Gasteiger partial charge in [-0.3, -0.25) is 9.69 Å². The highest BCUT2D eigenvalue weighted by Gasteiger charge is 2.25. The summed E-state index contributed by atoms with van der Waals surface area (Å²) >= 11 is 0. The van der Waals surface area contributed by atoms with Crippen molar-refractivity contribution in [3.63, 3.8) is 0 Å². The zero-order valence-corrected chi connectivity index (χ0v) is 15.3. The van der Waals surface area contributed by atoms with E-state index in [4.69, 9.17) is 0 Å². The molecule has 2 atom stereocenters. The number of rotatable bonds is 5. The summed E-state index contributed by atoms with van der Waals surface area (Å²) in [6.07, 6.45) is 4.04. The number of benzene rings is 1. The Hall–Kier alpha value is -1.59. The first-order valence-corrected chi connectivity index (χ1v) is 9.63. The van der Waals surface area contributed by atoms with Crippen LogP contribution in [-0.4, -0.2) is 60.8 Å². The van der Waals surface area contributed by atoms with Gasteiger partial charge in [-0.2, -0.15) is 0 Å². The molecule has 1 aliphatic heterocycles. The number of amides is 1. The minimum atomic E-state index is -0.365. The van der Waals surface area contributed by atoms with E-state index in [0.717, 1.165) is 58.4 Å². The number of hydrogen-bond donors (Lipinski definition) is 2. The molecule has 2 unspecified atom stereocenters. The minimum Gasteiger partial charge on any atom is -0.391 e. The number of aliphatic hydroxyl groups excluding tert-OH is 1. The number of carbonyl (C=O) groups is 1. The molecule has 1 saturated carbocycles. The molecule has 1 heterocycles. The highest BCUT2D eigenvalue weighted by Crippen LogP contribution is 2.19. The molecular weight excluding hydrogens is 314 g/mol. The van der Waals surface area contributed by atoms with Crippen LogP contribution in [-0.2, 0) is 4.79 Å². The van der Waals surface area contributed by atoms with Gasteiger partial charge in [0.05, 0.1) is 12.1 Å². The molecule has 0 aromatic heterocycles. The Labute approximate surface area is 151 Å². The molecule has 2 N–H and O–H groups in total. The molecule has 3 rings (SSSR count). The second-order valence-corrected chi connectivity index (χ2v) is 7.44. The quantitative estimate of drug-likeness (QED) is 0.856. The first-order valence-electron chi connectivity index (χ1n) is 9.63. The van der Waals surface area contributed by atoms with Gasteiger partial charge in [0.15, 0.2) is 0 Å². The number of nitrogens with zero attached hydrogens (tertiary/aromatic N) is 2. The maximum atomic E-state index is 12.2. The number of aryl methyl sites for hydroxylation is 1. The van der Waals surface area contributed by atoms with E-state index in [-0.39, 0.29) is 18.1 Å². The summed E-state index contributed by atoms with van der Waals surface area (Å²) in [5.41, 5.74) is 2.59. The lowest BCUT2D eigenvalue weighted by atomic mass is 9.92. The summed E-state index contributed by atoms with van der Waals surface area (Å²) in [5, 5.41) is 13.0. The van der Waals surface area contributed by atoms with Crippen molar-refractivity contribution in [3.8, 4) is 0 Å². The van der Waals surface area contributed by atoms with E-state index in [1.54, 1.807) is 0 Å². The van der Waals surface area contributed by atoms with Crippen molar-refractivity contribution in [2.75, 3.05) is 37.6 Å². The molecular formula is C20H31N3O2. The Morgan fingerprint density at radius 1 is 1.20 bits per heavy atom. The molecule has 0 bridgehead atoms. The van der Waals surface area contributed by atoms with Gasteiger partial charge in [-0.05, 0) is 37.5 Å². The van der Waals surface area contributed by atoms with Crippen molar-refractivity contribution in [3.05, 3.63) is 29.8 Å². The zero-order chi connectivity index (χ0) is 17.6. The standard InChI is InChI=1S/C20H31N3O2/c1-16-5-4-6-17(15-16)23-13-11-22(12-14-23)10-9-20(25)21-18-7-2-3-8-19(18)24/h4-6,15,18-19,24H,2-3,7-14H2,1H3,(H,21,25). The van der Waals surface area contributed by atoms with Crippen molar-refractivity contribution in [2.45, 2.75) is 51.2 Å². The lowest BCUT2D eigenvalue weighted by Gasteiger charge is -2.36. The third-order valence-electron chi connectivity index (χ3n) is 5.47. The van der Waals surface area contributed by atoms with Crippen molar-refractivity contribution in [2.24, 2.45) is 0 Å². The van der Waals surface area contributed by atoms with Gasteiger partial charge in [0, 0.05) is 44.8 Å². The second kappa shape index (κ2) is 8.68. The van der Waals surface area contributed by atoms with Crippen LogP contribution in [0.25, 0.3) is 0 Å². The first-order chi connectivity index (χ1) is 12.1. The van der Waals surface area contributed by atoms with E-state index in [0.29, 0.717) is 6.42 Å². The van der Waals surface area contributed by atoms with Crippen molar-refractivity contribution >= 4 is 11.6 Å². The highest BCUT2D eigenvalue weighted by atomic mass is 16.3. The van der Waals surface area contributed by atoms with Crippen LogP contribution >= 0.6 is 0 Å². The lowest BCUT2D eigenvalue weighted by molar-refractivity contribution is -0.123. The summed E-state index contributed by atoms with van der Waals surface area (Å²) in [6, 6.07) is 8.60. The van der Waals surface area contributed by atoms with Crippen LogP contribution in [0.4, 0.5) is 5.69 Å². The van der Waals surface area contributed by atoms with Gasteiger partial charge in [0.2, 0.25) is 5.91 Å². The summed E-state index contributed by atoms with van der Waals surface area (Å²) in [6.45, 7) is 6.93. The number of nitrogens with one attached hydrogen (secondary N) is 1. The van der Waals surface area contributed by atoms with Crippen LogP contribution in [0.15, 0.2) is 24.3 Å². The van der Waals surface area contributed by atoms with Crippen LogP contribution in [0.1, 0.15) is 37.7 Å². The van der Waals surface area contributed by atoms with Crippen molar-refractivity contribution in [1.29, 1.82) is 0 Å². The summed E-state index contributed by atoms with van der Waals surface area (Å²) in [5.74, 6) is 0.0760. The lowest BCUT2D eigenvalue weighted by Crippen LogP contribution is -2.48. The molecule has 5 heteroatoms. The average molecular weight is 345 g/mol. The van der Waals surface area contributed by atoms with E-state index >= 15 is 0 Å². The largest absolute Gasteiger partial charge is 0.391 e. The van der Waals surface area contributed by atoms with Gasteiger partial charge < -0.3 is 15.3 Å². The first kappa shape index (κ1) is 18.2. The number of aliphatic hydroxyl groups is 1. The molecule has 0 spiro atoms. The predicted molar refractivity (Wildman–Crippen MR) is 101 cm³/mol. The Bertz CT molecular complexity index is 570. The van der Waals surface area contributed by atoms with Crippen LogP contribution < -0.4 is 10.2 Å². The summed E-state index contributed by atoms with van der Waals surface area (Å²) in [4.78, 5) is 16.9. The third-order valence-corrected chi connectivity index (χ3v) is 5.47. The third kappa shape index (κ3) is 5.19. The van der Waals surface area contributed by atoms with Crippen LogP contribution in [0.5, 0.6) is 0 Å². The number of anilines is 1. The van der Waals surface area contributed by atoms with Gasteiger partial charge in [-0.25, -0.2) is 0 Å². The van der Waals surface area contributed by atoms with Gasteiger partial charge in [-0.1, -0.05) is 25.0 Å². The topological polar surface area (TPSA) is 55.8 Å². The maximum absolute atomic E-state index is 12.2. The molecule has 1 aromatic carbocycles. The molecule has 1 saturated heterocycles. The fourth-order valence-electron chi connectivity index (χ4n) is 3.87. The predicted octanol–water partition coefficient (Wildman–Crippen LogP) is 1.93. The normalized spacial score (nSPS) is 25.0. The van der Waals surface area contributed by atoms with Crippen LogP contribution in [0.2, 0.25) is 0 Å². The summed E-state index contributed by atoms with van der Waals surface area (Å²) < 4.78 is 0. The molecule has 2 fully saturated rings. The van der Waals surface area contributed by atoms with Crippen LogP contribution in [0.3, 0.4) is 0 Å². The molecule has 2 aliphatic rings. The Morgan fingerprint density at radius 2 is 1.96 bits per heavy atom. The molecule has 1 aromatic rings. The number of carbonyl (C=O) groups excluding carboxylic acids is 1. The Kier molecular flexibility index (Phi) is 6.32. The Morgan fingerprint density at radius 3 is 2.68 bits per heavy atom. The fraction of sp³-hybridized carbons (Fsp3) is 0.650. The van der Waals surface area contributed by atoms with E-state index in [1.807, 2.05) is 0 Å². The molecule has 0 radical (unpaired) electrons. The molecule has 138 valence electrons. The average Bonchev–Trinajstić information content (AvgIpc) is 2.62. The zero-order valence-electron chi connectivity index (χ0n) is 15.3. The minimum absolute atomic E-state index is 0.0422. The Balaban J connectivity index is 1.38. The highest BCUT2D eigenvalue weighted by molar-refractivity contribution is 5.76. The molecule has 25 heavy (non-hydrogen) atoms. The SMILES string of the molecule is Cc1cccc(N2CCN(CCC(=O)NC3CCCCC3O)CC2)c1. The van der Waals surface area contributed by atoms with Crippen LogP contribution in [0, 0.1) is 6.92 Å². The van der Waals surface area contributed by atoms with Gasteiger partial charge in [0.1, 0.15) is 0 Å². The van der Waals surface area contributed by atoms with E-state index in [9.17, 15) is 9.90 Å². The van der Waals surface area contributed by atoms with E-state index in [2.05, 4.69) is 46.3 Å². The second-order valence-electron chi connectivity index (χ2n) is 7.44. The van der Waals surface area contributed by atoms with Gasteiger partial charge >= 0.3 is 0 Å². The molecule has 1 aliphatic carbocycles. The number of piperazine rings is 1. The molecule has 1 amide bonds. The smallest absolute Gasteiger partial charge is 0.221 e. The van der Waals surface area contributed by atoms with E-state index < -0.39 is 0 Å². The van der Waals surface area contributed by atoms with E-state index in [1.165, 1.54) is 11.3 Å². The van der Waals surface area contributed by atoms with Crippen molar-refractivity contribution < 1.29 is 9.90 Å². The summed E-state index contributed by atoms with van der Waals surface area (Å²) in [7, 11) is 0. The van der Waals surface area contributed by atoms with Gasteiger partial charge in [-0.15, -0.1) is 0 Å². The van der Waals surface area contributed by atoms with Crippen molar-refractivity contribution in [1.82, 2.24) is 10.2 Å². The van der Waals surface area contributed by atoms with Gasteiger partial charge in [0.25, 0.3) is 0 Å². The maximum Gasteiger partial charge on any atom is 0.221 e. The monoisotopic (exact) mass is 345 g/mol. The number of hydrogen-bond acceptors (Lipinski definition) is 4.